The zero-order valence-corrected chi connectivity index (χ0v) is 13.3. The predicted molar refractivity (Wildman–Crippen MR) is 81.7 cm³/mol. The largest absolute Gasteiger partial charge is 0.344 e. The second-order valence-electron chi connectivity index (χ2n) is 4.82. The SMILES string of the molecule is CC(=O)Nc1cc(Cl)sc1CC(=O)NC1CCC(=O)NC1=O. The molecule has 22 heavy (non-hydrogen) atoms. The van der Waals surface area contributed by atoms with Gasteiger partial charge in [0.1, 0.15) is 6.04 Å². The Morgan fingerprint density at radius 2 is 2.18 bits per heavy atom. The molecule has 0 aliphatic carbocycles. The summed E-state index contributed by atoms with van der Waals surface area (Å²) in [6.45, 7) is 1.36. The number of hydrogen-bond acceptors (Lipinski definition) is 5. The lowest BCUT2D eigenvalue weighted by atomic mass is 10.1. The molecule has 2 heterocycles. The highest BCUT2D eigenvalue weighted by Crippen LogP contribution is 2.31. The van der Waals surface area contributed by atoms with Crippen LogP contribution in [0.5, 0.6) is 0 Å². The van der Waals surface area contributed by atoms with E-state index in [1.165, 1.54) is 18.3 Å². The molecular formula is C13H14ClN3O4S. The van der Waals surface area contributed by atoms with Gasteiger partial charge in [0.15, 0.2) is 0 Å². The average Bonchev–Trinajstić information content (AvgIpc) is 2.72. The van der Waals surface area contributed by atoms with E-state index < -0.39 is 11.9 Å². The van der Waals surface area contributed by atoms with Gasteiger partial charge >= 0.3 is 0 Å². The first-order chi connectivity index (χ1) is 10.3. The number of piperidine rings is 1. The molecule has 2 rings (SSSR count). The average molecular weight is 344 g/mol. The normalized spacial score (nSPS) is 17.8. The number of nitrogens with one attached hydrogen (secondary N) is 3. The van der Waals surface area contributed by atoms with Crippen molar-refractivity contribution in [3.8, 4) is 0 Å². The smallest absolute Gasteiger partial charge is 0.249 e. The topological polar surface area (TPSA) is 104 Å². The van der Waals surface area contributed by atoms with Gasteiger partial charge in [0.2, 0.25) is 23.6 Å². The van der Waals surface area contributed by atoms with Crippen molar-refractivity contribution in [3.05, 3.63) is 15.3 Å². The fraction of sp³-hybridized carbons (Fsp3) is 0.385. The van der Waals surface area contributed by atoms with Crippen molar-refractivity contribution in [1.82, 2.24) is 10.6 Å². The van der Waals surface area contributed by atoms with Gasteiger partial charge in [-0.05, 0) is 12.5 Å². The van der Waals surface area contributed by atoms with Gasteiger partial charge in [0, 0.05) is 18.2 Å². The molecule has 1 unspecified atom stereocenters. The second kappa shape index (κ2) is 6.89. The minimum absolute atomic E-state index is 0.00920. The van der Waals surface area contributed by atoms with E-state index in [0.29, 0.717) is 14.9 Å². The summed E-state index contributed by atoms with van der Waals surface area (Å²) >= 11 is 7.08. The quantitative estimate of drug-likeness (QED) is 0.704. The van der Waals surface area contributed by atoms with Gasteiger partial charge < -0.3 is 10.6 Å². The highest BCUT2D eigenvalue weighted by Gasteiger charge is 2.28. The molecule has 9 heteroatoms. The summed E-state index contributed by atoms with van der Waals surface area (Å²) in [4.78, 5) is 46.4. The molecule has 0 bridgehead atoms. The van der Waals surface area contributed by atoms with E-state index in [9.17, 15) is 19.2 Å². The lowest BCUT2D eigenvalue weighted by Crippen LogP contribution is -2.52. The van der Waals surface area contributed by atoms with Crippen LogP contribution in [0.15, 0.2) is 6.07 Å². The Kier molecular flexibility index (Phi) is 5.15. The third kappa shape index (κ3) is 4.28. The van der Waals surface area contributed by atoms with Crippen LogP contribution in [-0.2, 0) is 25.6 Å². The summed E-state index contributed by atoms with van der Waals surface area (Å²) in [6, 6.07) is 0.854. The van der Waals surface area contributed by atoms with Gasteiger partial charge in [-0.1, -0.05) is 11.6 Å². The molecule has 0 spiro atoms. The van der Waals surface area contributed by atoms with Gasteiger partial charge in [-0.3, -0.25) is 24.5 Å². The van der Waals surface area contributed by atoms with Crippen molar-refractivity contribution < 1.29 is 19.2 Å². The summed E-state index contributed by atoms with van der Waals surface area (Å²) in [7, 11) is 0. The summed E-state index contributed by atoms with van der Waals surface area (Å²) in [5.41, 5.74) is 0.487. The zero-order valence-electron chi connectivity index (χ0n) is 11.7. The van der Waals surface area contributed by atoms with Crippen LogP contribution in [0.25, 0.3) is 0 Å². The van der Waals surface area contributed by atoms with E-state index in [2.05, 4.69) is 16.0 Å². The van der Waals surface area contributed by atoms with Crippen molar-refractivity contribution in [3.63, 3.8) is 0 Å². The van der Waals surface area contributed by atoms with Crippen LogP contribution >= 0.6 is 22.9 Å². The van der Waals surface area contributed by atoms with Crippen LogP contribution < -0.4 is 16.0 Å². The van der Waals surface area contributed by atoms with Crippen molar-refractivity contribution in [2.45, 2.75) is 32.2 Å². The van der Waals surface area contributed by atoms with Crippen molar-refractivity contribution in [2.75, 3.05) is 5.32 Å². The van der Waals surface area contributed by atoms with E-state index in [-0.39, 0.29) is 37.0 Å². The number of carbonyl (C=O) groups is 4. The molecule has 0 saturated carbocycles. The number of carbonyl (C=O) groups excluding carboxylic acids is 4. The van der Waals surface area contributed by atoms with E-state index in [4.69, 9.17) is 11.6 Å². The molecule has 1 saturated heterocycles. The van der Waals surface area contributed by atoms with Crippen molar-refractivity contribution in [1.29, 1.82) is 0 Å². The fourth-order valence-electron chi connectivity index (χ4n) is 2.05. The van der Waals surface area contributed by atoms with E-state index >= 15 is 0 Å². The number of hydrogen-bond donors (Lipinski definition) is 3. The zero-order chi connectivity index (χ0) is 16.3. The molecule has 1 aliphatic rings. The molecule has 1 aliphatic heterocycles. The lowest BCUT2D eigenvalue weighted by Gasteiger charge is -2.21. The Bertz CT molecular complexity index is 643. The minimum Gasteiger partial charge on any atom is -0.344 e. The Morgan fingerprint density at radius 1 is 1.45 bits per heavy atom. The predicted octanol–water partition coefficient (Wildman–Crippen LogP) is 0.824. The second-order valence-corrected chi connectivity index (χ2v) is 6.58. The number of imide groups is 1. The van der Waals surface area contributed by atoms with Crippen LogP contribution in [0.1, 0.15) is 24.6 Å². The Hall–Kier alpha value is -1.93. The molecule has 1 atom stereocenters. The standard InChI is InChI=1S/C13H14ClN3O4S/c1-6(18)15-8-4-10(14)22-9(8)5-12(20)16-7-2-3-11(19)17-13(7)21/h4,7H,2-3,5H2,1H3,(H,15,18)(H,16,20)(H,17,19,21). The van der Waals surface area contributed by atoms with Crippen molar-refractivity contribution >= 4 is 52.3 Å². The summed E-state index contributed by atoms with van der Waals surface area (Å²) in [5.74, 6) is -1.48. The van der Waals surface area contributed by atoms with Crippen LogP contribution in [0.4, 0.5) is 5.69 Å². The first kappa shape index (κ1) is 16.4. The molecule has 1 aromatic heterocycles. The monoisotopic (exact) mass is 343 g/mol. The molecule has 118 valence electrons. The van der Waals surface area contributed by atoms with Crippen LogP contribution in [0.3, 0.4) is 0 Å². The molecule has 1 aromatic rings. The van der Waals surface area contributed by atoms with Gasteiger partial charge in [-0.25, -0.2) is 0 Å². The van der Waals surface area contributed by atoms with Gasteiger partial charge in [0.05, 0.1) is 16.4 Å². The number of amides is 4. The lowest BCUT2D eigenvalue weighted by molar-refractivity contribution is -0.137. The molecule has 0 aromatic carbocycles. The molecule has 1 fully saturated rings. The molecule has 3 N–H and O–H groups in total. The Morgan fingerprint density at radius 3 is 2.82 bits per heavy atom. The number of halogens is 1. The molecule has 4 amide bonds. The summed E-state index contributed by atoms with van der Waals surface area (Å²) < 4.78 is 0.451. The highest BCUT2D eigenvalue weighted by molar-refractivity contribution is 7.16. The maximum absolute atomic E-state index is 12.0. The van der Waals surface area contributed by atoms with Gasteiger partial charge in [-0.2, -0.15) is 0 Å². The first-order valence-electron chi connectivity index (χ1n) is 6.54. The number of rotatable bonds is 4. The Balaban J connectivity index is 1.99. The van der Waals surface area contributed by atoms with Crippen LogP contribution in [0.2, 0.25) is 4.34 Å². The Labute approximate surface area is 135 Å². The molecule has 0 radical (unpaired) electrons. The third-order valence-electron chi connectivity index (χ3n) is 2.99. The van der Waals surface area contributed by atoms with Gasteiger partial charge in [0.25, 0.3) is 0 Å². The minimum atomic E-state index is -0.718. The van der Waals surface area contributed by atoms with E-state index in [0.717, 1.165) is 0 Å². The van der Waals surface area contributed by atoms with E-state index in [1.807, 2.05) is 0 Å². The molecular weight excluding hydrogens is 330 g/mol. The maximum atomic E-state index is 12.0. The maximum Gasteiger partial charge on any atom is 0.249 e. The highest BCUT2D eigenvalue weighted by atomic mass is 35.5. The van der Waals surface area contributed by atoms with Crippen LogP contribution in [0, 0.1) is 0 Å². The summed E-state index contributed by atoms with van der Waals surface area (Å²) in [6.07, 6.45) is 0.462. The summed E-state index contributed by atoms with van der Waals surface area (Å²) in [5, 5.41) is 7.35. The van der Waals surface area contributed by atoms with E-state index in [1.54, 1.807) is 6.07 Å². The van der Waals surface area contributed by atoms with Crippen molar-refractivity contribution in [2.24, 2.45) is 0 Å². The number of thiophene rings is 1. The number of anilines is 1. The van der Waals surface area contributed by atoms with Gasteiger partial charge in [-0.15, -0.1) is 11.3 Å². The third-order valence-corrected chi connectivity index (χ3v) is 4.25. The molecule has 7 nitrogen and oxygen atoms in total. The first-order valence-corrected chi connectivity index (χ1v) is 7.73. The van der Waals surface area contributed by atoms with Crippen LogP contribution in [-0.4, -0.2) is 29.7 Å². The fourth-order valence-corrected chi connectivity index (χ4v) is 3.27.